The molecule has 2 amide bonds. The minimum absolute atomic E-state index is 0.807. The molecule has 0 rings (SSSR count). The van der Waals surface area contributed by atoms with E-state index in [2.05, 4.69) is 11.7 Å². The maximum absolute atomic E-state index is 10.8. The van der Waals surface area contributed by atoms with Gasteiger partial charge in [-0.15, -0.1) is 0 Å². The highest BCUT2D eigenvalue weighted by atomic mass is 32.2. The Morgan fingerprint density at radius 3 is 2.07 bits per heavy atom. The number of nitrogens with one attached hydrogen (secondary N) is 2. The summed E-state index contributed by atoms with van der Waals surface area (Å²) in [5, 5.41) is -1.96. The fraction of sp³-hybridized carbons (Fsp3) is 0.500. The van der Waals surface area contributed by atoms with Crippen molar-refractivity contribution in [1.29, 1.82) is 0 Å². The minimum atomic E-state index is -4.69. The molecule has 0 saturated carbocycles. The monoisotopic (exact) mass is 226 g/mol. The van der Waals surface area contributed by atoms with Crippen LogP contribution in [0.5, 0.6) is 0 Å². The van der Waals surface area contributed by atoms with E-state index < -0.39 is 33.6 Å². The number of hydrazine groups is 2. The molecule has 9 nitrogen and oxygen atoms in total. The fourth-order valence-electron chi connectivity index (χ4n) is 0.654. The Hall–Kier alpha value is -1.23. The SMILES string of the molecule is NNC(=O)CC(C(=O)NN)S(=O)(=O)O. The summed E-state index contributed by atoms with van der Waals surface area (Å²) in [6.45, 7) is 0. The van der Waals surface area contributed by atoms with E-state index in [1.807, 2.05) is 0 Å². The molecule has 1 unspecified atom stereocenters. The van der Waals surface area contributed by atoms with E-state index in [4.69, 9.17) is 4.55 Å². The average molecular weight is 226 g/mol. The van der Waals surface area contributed by atoms with Crippen molar-refractivity contribution in [2.75, 3.05) is 0 Å². The second-order valence-electron chi connectivity index (χ2n) is 2.28. The van der Waals surface area contributed by atoms with E-state index in [9.17, 15) is 18.0 Å². The van der Waals surface area contributed by atoms with Gasteiger partial charge in [-0.1, -0.05) is 0 Å². The molecule has 0 aromatic heterocycles. The lowest BCUT2D eigenvalue weighted by Crippen LogP contribution is -2.46. The molecule has 7 N–H and O–H groups in total. The minimum Gasteiger partial charge on any atom is -0.294 e. The predicted molar refractivity (Wildman–Crippen MR) is 44.6 cm³/mol. The topological polar surface area (TPSA) is 165 Å². The number of amides is 2. The van der Waals surface area contributed by atoms with Crippen molar-refractivity contribution < 1.29 is 22.6 Å². The van der Waals surface area contributed by atoms with E-state index in [1.165, 1.54) is 5.43 Å². The number of nitrogens with two attached hydrogens (primary N) is 2. The molecule has 1 atom stereocenters. The van der Waals surface area contributed by atoms with E-state index in [-0.39, 0.29) is 0 Å². The molecule has 10 heteroatoms. The van der Waals surface area contributed by atoms with Crippen molar-refractivity contribution in [2.45, 2.75) is 11.7 Å². The van der Waals surface area contributed by atoms with E-state index in [0.29, 0.717) is 0 Å². The van der Waals surface area contributed by atoms with Gasteiger partial charge in [0.1, 0.15) is 0 Å². The van der Waals surface area contributed by atoms with Crippen LogP contribution < -0.4 is 22.5 Å². The first kappa shape index (κ1) is 12.8. The second-order valence-corrected chi connectivity index (χ2v) is 3.88. The molecule has 0 fully saturated rings. The summed E-state index contributed by atoms with van der Waals surface area (Å²) in [6, 6.07) is 0. The zero-order valence-corrected chi connectivity index (χ0v) is 7.74. The van der Waals surface area contributed by atoms with Crippen molar-refractivity contribution in [2.24, 2.45) is 11.7 Å². The third kappa shape index (κ3) is 3.66. The number of hydrogen-bond donors (Lipinski definition) is 5. The van der Waals surface area contributed by atoms with Gasteiger partial charge in [-0.05, 0) is 0 Å². The first-order chi connectivity index (χ1) is 6.32. The van der Waals surface area contributed by atoms with Crippen molar-refractivity contribution in [1.82, 2.24) is 10.9 Å². The van der Waals surface area contributed by atoms with Crippen LogP contribution in [0.3, 0.4) is 0 Å². The third-order valence-electron chi connectivity index (χ3n) is 1.33. The quantitative estimate of drug-likeness (QED) is 0.144. The molecule has 0 radical (unpaired) electrons. The molecule has 82 valence electrons. The first-order valence-corrected chi connectivity index (χ1v) is 4.79. The van der Waals surface area contributed by atoms with Crippen molar-refractivity contribution >= 4 is 21.9 Å². The Bertz CT molecular complexity index is 325. The molecule has 0 saturated heterocycles. The number of carbonyl (C=O) groups excluding carboxylic acids is 2. The van der Waals surface area contributed by atoms with Crippen molar-refractivity contribution in [3.63, 3.8) is 0 Å². The second kappa shape index (κ2) is 4.85. The van der Waals surface area contributed by atoms with Crippen molar-refractivity contribution in [3.05, 3.63) is 0 Å². The fourth-order valence-corrected chi connectivity index (χ4v) is 1.35. The Labute approximate surface area is 79.5 Å². The zero-order valence-electron chi connectivity index (χ0n) is 6.93. The summed E-state index contributed by atoms with van der Waals surface area (Å²) < 4.78 is 29.8. The largest absolute Gasteiger partial charge is 0.294 e. The average Bonchev–Trinajstić information content (AvgIpc) is 2.10. The van der Waals surface area contributed by atoms with Crippen LogP contribution in [0, 0.1) is 0 Å². The summed E-state index contributed by atoms with van der Waals surface area (Å²) in [6.07, 6.45) is -0.807. The Balaban J connectivity index is 4.76. The molecular formula is C4H10N4O5S. The van der Waals surface area contributed by atoms with Gasteiger partial charge >= 0.3 is 0 Å². The lowest BCUT2D eigenvalue weighted by Gasteiger charge is -2.10. The van der Waals surface area contributed by atoms with Gasteiger partial charge in [0.25, 0.3) is 16.0 Å². The molecule has 0 aromatic carbocycles. The maximum Gasteiger partial charge on any atom is 0.277 e. The van der Waals surface area contributed by atoms with Gasteiger partial charge in [-0.2, -0.15) is 8.42 Å². The molecule has 0 aromatic rings. The van der Waals surface area contributed by atoms with Crippen LogP contribution in [0.15, 0.2) is 0 Å². The molecule has 0 bridgehead atoms. The normalized spacial score (nSPS) is 13.1. The smallest absolute Gasteiger partial charge is 0.277 e. The Kier molecular flexibility index (Phi) is 4.43. The molecule has 0 spiro atoms. The number of rotatable bonds is 4. The lowest BCUT2D eigenvalue weighted by molar-refractivity contribution is -0.126. The molecule has 0 aliphatic heterocycles. The molecule has 0 aliphatic carbocycles. The summed E-state index contributed by atoms with van der Waals surface area (Å²) in [5.41, 5.74) is 3.11. The number of hydrogen-bond acceptors (Lipinski definition) is 6. The van der Waals surface area contributed by atoms with Crippen LogP contribution in [0.4, 0.5) is 0 Å². The highest BCUT2D eigenvalue weighted by Crippen LogP contribution is 2.03. The third-order valence-corrected chi connectivity index (χ3v) is 2.43. The van der Waals surface area contributed by atoms with Crippen LogP contribution in [0.25, 0.3) is 0 Å². The van der Waals surface area contributed by atoms with Crippen LogP contribution in [-0.2, 0) is 19.7 Å². The first-order valence-electron chi connectivity index (χ1n) is 3.29. The predicted octanol–water partition coefficient (Wildman–Crippen LogP) is -3.39. The van der Waals surface area contributed by atoms with Crippen LogP contribution in [0.2, 0.25) is 0 Å². The van der Waals surface area contributed by atoms with Gasteiger partial charge in [0.2, 0.25) is 5.91 Å². The summed E-state index contributed by atoms with van der Waals surface area (Å²) in [5.74, 6) is 7.20. The highest BCUT2D eigenvalue weighted by molar-refractivity contribution is 7.87. The summed E-state index contributed by atoms with van der Waals surface area (Å²) in [7, 11) is -4.69. The molecule has 14 heavy (non-hydrogen) atoms. The van der Waals surface area contributed by atoms with Gasteiger partial charge in [0.15, 0.2) is 5.25 Å². The van der Waals surface area contributed by atoms with E-state index in [1.54, 1.807) is 5.43 Å². The van der Waals surface area contributed by atoms with Crippen LogP contribution in [0.1, 0.15) is 6.42 Å². The zero-order chi connectivity index (χ0) is 11.4. The Morgan fingerprint density at radius 1 is 1.29 bits per heavy atom. The van der Waals surface area contributed by atoms with Crippen LogP contribution in [-0.4, -0.2) is 30.0 Å². The van der Waals surface area contributed by atoms with E-state index >= 15 is 0 Å². The summed E-state index contributed by atoms with van der Waals surface area (Å²) in [4.78, 5) is 21.5. The maximum atomic E-state index is 10.8. The van der Waals surface area contributed by atoms with Gasteiger partial charge in [-0.3, -0.25) is 25.0 Å². The van der Waals surface area contributed by atoms with Crippen molar-refractivity contribution in [3.8, 4) is 0 Å². The molecular weight excluding hydrogens is 216 g/mol. The standard InChI is InChI=1S/C4H10N4O5S/c5-7-3(9)1-2(4(10)8-6)14(11,12)13/h2H,1,5-6H2,(H,7,9)(H,8,10)(H,11,12,13). The molecule has 0 heterocycles. The van der Waals surface area contributed by atoms with Gasteiger partial charge in [-0.25, -0.2) is 11.7 Å². The molecule has 0 aliphatic rings. The van der Waals surface area contributed by atoms with Gasteiger partial charge in [0, 0.05) is 0 Å². The van der Waals surface area contributed by atoms with E-state index in [0.717, 1.165) is 0 Å². The van der Waals surface area contributed by atoms with Crippen LogP contribution >= 0.6 is 0 Å². The van der Waals surface area contributed by atoms with Gasteiger partial charge in [0.05, 0.1) is 6.42 Å². The number of carbonyl (C=O) groups is 2. The highest BCUT2D eigenvalue weighted by Gasteiger charge is 2.32. The lowest BCUT2D eigenvalue weighted by atomic mass is 10.3. The summed E-state index contributed by atoms with van der Waals surface area (Å²) >= 11 is 0. The van der Waals surface area contributed by atoms with Gasteiger partial charge < -0.3 is 0 Å². The Morgan fingerprint density at radius 2 is 1.79 bits per heavy atom.